The fourth-order valence-corrected chi connectivity index (χ4v) is 3.92. The lowest BCUT2D eigenvalue weighted by atomic mass is 9.85. The van der Waals surface area contributed by atoms with Crippen molar-refractivity contribution >= 4 is 29.0 Å². The lowest BCUT2D eigenvalue weighted by molar-refractivity contribution is -0.0452. The van der Waals surface area contributed by atoms with Crippen molar-refractivity contribution in [1.82, 2.24) is 9.97 Å². The maximum absolute atomic E-state index is 6.33. The number of hydrogen-bond acceptors (Lipinski definition) is 5. The van der Waals surface area contributed by atoms with Gasteiger partial charge in [-0.1, -0.05) is 35.3 Å². The van der Waals surface area contributed by atoms with E-state index in [0.717, 1.165) is 48.7 Å². The highest BCUT2D eigenvalue weighted by Crippen LogP contribution is 2.35. The lowest BCUT2D eigenvalue weighted by Crippen LogP contribution is -2.55. The van der Waals surface area contributed by atoms with Gasteiger partial charge in [0.1, 0.15) is 5.82 Å². The van der Waals surface area contributed by atoms with Crippen molar-refractivity contribution in [3.63, 3.8) is 0 Å². The van der Waals surface area contributed by atoms with Crippen LogP contribution >= 0.6 is 23.2 Å². The number of ether oxygens (including phenoxy) is 1. The molecule has 1 unspecified atom stereocenters. The van der Waals surface area contributed by atoms with E-state index < -0.39 is 0 Å². The van der Waals surface area contributed by atoms with E-state index in [9.17, 15) is 0 Å². The molecule has 1 aromatic carbocycles. The predicted octanol–water partition coefficient (Wildman–Crippen LogP) is 4.09. The van der Waals surface area contributed by atoms with E-state index >= 15 is 0 Å². The number of methoxy groups -OCH3 is 1. The van der Waals surface area contributed by atoms with Crippen LogP contribution in [-0.2, 0) is 4.74 Å². The Bertz CT molecular complexity index is 789. The van der Waals surface area contributed by atoms with E-state index in [1.54, 1.807) is 19.4 Å². The molecule has 7 heteroatoms. The van der Waals surface area contributed by atoms with E-state index in [1.807, 2.05) is 26.0 Å². The molecular formula is C19H24Cl2N4O. The number of rotatable bonds is 4. The smallest absolute Gasteiger partial charge is 0.147 e. The fraction of sp³-hybridized carbons (Fsp3) is 0.474. The van der Waals surface area contributed by atoms with Gasteiger partial charge in [0, 0.05) is 31.8 Å². The Hall–Kier alpha value is -1.40. The Morgan fingerprint density at radius 2 is 1.96 bits per heavy atom. The number of aryl methyl sites for hydroxylation is 1. The van der Waals surface area contributed by atoms with Crippen LogP contribution in [0.1, 0.15) is 25.5 Å². The molecule has 1 aliphatic rings. The molecule has 26 heavy (non-hydrogen) atoms. The Kier molecular flexibility index (Phi) is 5.72. The average molecular weight is 395 g/mol. The summed E-state index contributed by atoms with van der Waals surface area (Å²) in [5.41, 5.74) is 8.25. The molecule has 2 aromatic rings. The Morgan fingerprint density at radius 3 is 2.54 bits per heavy atom. The van der Waals surface area contributed by atoms with Crippen molar-refractivity contribution in [3.05, 3.63) is 40.1 Å². The molecule has 1 fully saturated rings. The monoisotopic (exact) mass is 394 g/mol. The minimum Gasteiger partial charge on any atom is -0.376 e. The molecule has 140 valence electrons. The zero-order chi connectivity index (χ0) is 18.9. The topological polar surface area (TPSA) is 64.3 Å². The molecule has 0 saturated carbocycles. The van der Waals surface area contributed by atoms with Crippen molar-refractivity contribution in [3.8, 4) is 11.3 Å². The van der Waals surface area contributed by atoms with Gasteiger partial charge in [0.15, 0.2) is 0 Å². The zero-order valence-electron chi connectivity index (χ0n) is 15.3. The van der Waals surface area contributed by atoms with Crippen molar-refractivity contribution in [2.45, 2.75) is 38.3 Å². The van der Waals surface area contributed by atoms with E-state index in [0.29, 0.717) is 10.0 Å². The minimum absolute atomic E-state index is 0.00480. The van der Waals surface area contributed by atoms with Crippen LogP contribution in [0.2, 0.25) is 10.0 Å². The number of hydrogen-bond donors (Lipinski definition) is 1. The number of aromatic nitrogens is 2. The van der Waals surface area contributed by atoms with Gasteiger partial charge in [0.2, 0.25) is 0 Å². The van der Waals surface area contributed by atoms with Gasteiger partial charge in [-0.05, 0) is 32.8 Å². The van der Waals surface area contributed by atoms with Crippen LogP contribution < -0.4 is 10.6 Å². The number of piperidine rings is 1. The molecule has 1 saturated heterocycles. The summed E-state index contributed by atoms with van der Waals surface area (Å²) >= 11 is 12.5. The molecule has 1 aliphatic heterocycles. The minimum atomic E-state index is -0.257. The number of nitrogens with two attached hydrogens (primary N) is 1. The first-order chi connectivity index (χ1) is 12.4. The molecule has 0 radical (unpaired) electrons. The molecule has 1 aromatic heterocycles. The summed E-state index contributed by atoms with van der Waals surface area (Å²) in [6.45, 7) is 5.61. The largest absolute Gasteiger partial charge is 0.376 e. The van der Waals surface area contributed by atoms with E-state index in [1.165, 1.54) is 0 Å². The van der Waals surface area contributed by atoms with Crippen LogP contribution in [-0.4, -0.2) is 41.8 Å². The molecule has 1 atom stereocenters. The van der Waals surface area contributed by atoms with Crippen LogP contribution in [0.3, 0.4) is 0 Å². The zero-order valence-corrected chi connectivity index (χ0v) is 16.8. The molecule has 2 heterocycles. The van der Waals surface area contributed by atoms with Crippen molar-refractivity contribution in [2.75, 3.05) is 25.1 Å². The SMILES string of the molecule is COC1(C(C)N)CCN(c2cnc(-c3cccc(Cl)c3Cl)c(C)n2)CC1. The van der Waals surface area contributed by atoms with Gasteiger partial charge in [-0.3, -0.25) is 4.98 Å². The number of halogens is 2. The quantitative estimate of drug-likeness (QED) is 0.845. The van der Waals surface area contributed by atoms with Crippen LogP contribution in [0.4, 0.5) is 5.82 Å². The van der Waals surface area contributed by atoms with Gasteiger partial charge in [-0.25, -0.2) is 4.98 Å². The van der Waals surface area contributed by atoms with E-state index in [4.69, 9.17) is 38.7 Å². The molecule has 2 N–H and O–H groups in total. The summed E-state index contributed by atoms with van der Waals surface area (Å²) in [5, 5.41) is 1.01. The summed E-state index contributed by atoms with van der Waals surface area (Å²) in [6, 6.07) is 5.52. The van der Waals surface area contributed by atoms with Gasteiger partial charge in [0.05, 0.1) is 33.2 Å². The van der Waals surface area contributed by atoms with E-state index in [-0.39, 0.29) is 11.6 Å². The number of benzene rings is 1. The molecular weight excluding hydrogens is 371 g/mol. The van der Waals surface area contributed by atoms with E-state index in [2.05, 4.69) is 9.88 Å². The van der Waals surface area contributed by atoms with Crippen molar-refractivity contribution < 1.29 is 4.74 Å². The summed E-state index contributed by atoms with van der Waals surface area (Å²) < 4.78 is 5.73. The third-order valence-corrected chi connectivity index (χ3v) is 6.13. The van der Waals surface area contributed by atoms with Gasteiger partial charge >= 0.3 is 0 Å². The average Bonchev–Trinajstić information content (AvgIpc) is 2.64. The molecule has 0 bridgehead atoms. The summed E-state index contributed by atoms with van der Waals surface area (Å²) in [4.78, 5) is 11.6. The van der Waals surface area contributed by atoms with Crippen molar-refractivity contribution in [1.29, 1.82) is 0 Å². The van der Waals surface area contributed by atoms with Crippen LogP contribution in [0.15, 0.2) is 24.4 Å². The first-order valence-corrected chi connectivity index (χ1v) is 9.47. The van der Waals surface area contributed by atoms with Gasteiger partial charge in [-0.2, -0.15) is 0 Å². The van der Waals surface area contributed by atoms with Gasteiger partial charge < -0.3 is 15.4 Å². The first kappa shape index (κ1) is 19.4. The highest BCUT2D eigenvalue weighted by atomic mass is 35.5. The third kappa shape index (κ3) is 3.54. The number of anilines is 1. The van der Waals surface area contributed by atoms with Crippen LogP contribution in [0, 0.1) is 6.92 Å². The normalized spacial score (nSPS) is 18.0. The molecule has 5 nitrogen and oxygen atoms in total. The third-order valence-electron chi connectivity index (χ3n) is 5.31. The lowest BCUT2D eigenvalue weighted by Gasteiger charge is -2.43. The summed E-state index contributed by atoms with van der Waals surface area (Å²) in [7, 11) is 1.74. The standard InChI is InChI=1S/C19H24Cl2N4O/c1-12-18(14-5-4-6-15(20)17(14)21)23-11-16(24-12)25-9-7-19(26-3,8-10-25)13(2)22/h4-6,11,13H,7-10,22H2,1-3H3. The van der Waals surface area contributed by atoms with Crippen LogP contribution in [0.25, 0.3) is 11.3 Å². The Balaban J connectivity index is 1.82. The molecule has 0 spiro atoms. The van der Waals surface area contributed by atoms with Gasteiger partial charge in [-0.15, -0.1) is 0 Å². The van der Waals surface area contributed by atoms with Crippen molar-refractivity contribution in [2.24, 2.45) is 5.73 Å². The first-order valence-electron chi connectivity index (χ1n) is 8.71. The maximum atomic E-state index is 6.33. The molecule has 0 aliphatic carbocycles. The maximum Gasteiger partial charge on any atom is 0.147 e. The molecule has 0 amide bonds. The second-order valence-electron chi connectivity index (χ2n) is 6.81. The highest BCUT2D eigenvalue weighted by Gasteiger charge is 2.38. The van der Waals surface area contributed by atoms with Crippen LogP contribution in [0.5, 0.6) is 0 Å². The second-order valence-corrected chi connectivity index (χ2v) is 7.59. The summed E-state index contributed by atoms with van der Waals surface area (Å²) in [6.07, 6.45) is 3.53. The predicted molar refractivity (Wildman–Crippen MR) is 107 cm³/mol. The fourth-order valence-electron chi connectivity index (χ4n) is 3.53. The van der Waals surface area contributed by atoms with Gasteiger partial charge in [0.25, 0.3) is 0 Å². The number of nitrogens with zero attached hydrogens (tertiary/aromatic N) is 3. The molecule has 3 rings (SSSR count). The Morgan fingerprint density at radius 1 is 1.27 bits per heavy atom. The summed E-state index contributed by atoms with van der Waals surface area (Å²) in [5.74, 6) is 0.860. The second kappa shape index (κ2) is 7.69. The Labute approximate surface area is 164 Å². The highest BCUT2D eigenvalue weighted by molar-refractivity contribution is 6.43.